The van der Waals surface area contributed by atoms with Crippen molar-refractivity contribution in [1.29, 1.82) is 0 Å². The molecular weight excluding hydrogens is 258 g/mol. The van der Waals surface area contributed by atoms with Crippen molar-refractivity contribution in [2.45, 2.75) is 59.0 Å². The molecule has 1 aliphatic rings. The average molecular weight is 285 g/mol. The third kappa shape index (κ3) is 3.46. The maximum atomic E-state index is 4.63. The highest BCUT2D eigenvalue weighted by atomic mass is 15.0. The fraction of sp³-hybridized carbons (Fsp3) is 0.611. The van der Waals surface area contributed by atoms with Crippen molar-refractivity contribution in [3.05, 3.63) is 30.1 Å². The van der Waals surface area contributed by atoms with E-state index in [4.69, 9.17) is 0 Å². The summed E-state index contributed by atoms with van der Waals surface area (Å²) in [6, 6.07) is 8.88. The lowest BCUT2D eigenvalue weighted by atomic mass is 9.71. The molecule has 0 saturated heterocycles. The predicted molar refractivity (Wildman–Crippen MR) is 88.1 cm³/mol. The lowest BCUT2D eigenvalue weighted by Gasteiger charge is -2.37. The second-order valence-electron chi connectivity index (χ2n) is 7.50. The number of aromatic nitrogens is 2. The number of rotatable bonds is 3. The third-order valence-electron chi connectivity index (χ3n) is 4.95. The van der Waals surface area contributed by atoms with E-state index in [9.17, 15) is 0 Å². The van der Waals surface area contributed by atoms with Crippen LogP contribution in [0.1, 0.15) is 52.3 Å². The summed E-state index contributed by atoms with van der Waals surface area (Å²) in [6.07, 6.45) is 5.28. The van der Waals surface area contributed by atoms with Gasteiger partial charge >= 0.3 is 0 Å². The first-order chi connectivity index (χ1) is 10.0. The van der Waals surface area contributed by atoms with E-state index < -0.39 is 0 Å². The molecule has 3 heteroatoms. The van der Waals surface area contributed by atoms with Gasteiger partial charge in [0.2, 0.25) is 0 Å². The molecule has 0 spiro atoms. The average Bonchev–Trinajstić information content (AvgIpc) is 2.87. The Morgan fingerprint density at radius 1 is 1.14 bits per heavy atom. The maximum Gasteiger partial charge on any atom is 0.121 e. The van der Waals surface area contributed by atoms with Gasteiger partial charge in [-0.2, -0.15) is 0 Å². The Hall–Kier alpha value is -1.35. The number of hydrogen-bond acceptors (Lipinski definition) is 2. The molecule has 1 saturated carbocycles. The summed E-state index contributed by atoms with van der Waals surface area (Å²) < 4.78 is 0. The number of aromatic amines is 1. The molecule has 2 N–H and O–H groups in total. The second kappa shape index (κ2) is 5.80. The molecule has 0 unspecified atom stereocenters. The SMILES string of the molecule is CC(C)(C)C1CCC(NCc2nc3ccccc3[nH]2)CC1. The number of nitrogens with zero attached hydrogens (tertiary/aromatic N) is 1. The summed E-state index contributed by atoms with van der Waals surface area (Å²) in [6.45, 7) is 7.97. The molecule has 2 aromatic rings. The van der Waals surface area contributed by atoms with Crippen molar-refractivity contribution >= 4 is 11.0 Å². The first kappa shape index (κ1) is 14.6. The Bertz CT molecular complexity index is 553. The Kier molecular flexibility index (Phi) is 4.03. The molecule has 0 radical (unpaired) electrons. The van der Waals surface area contributed by atoms with Crippen LogP contribution in [0.4, 0.5) is 0 Å². The van der Waals surface area contributed by atoms with Crippen molar-refractivity contribution < 1.29 is 0 Å². The lowest BCUT2D eigenvalue weighted by molar-refractivity contribution is 0.159. The molecule has 0 atom stereocenters. The molecule has 1 fully saturated rings. The zero-order chi connectivity index (χ0) is 14.9. The van der Waals surface area contributed by atoms with E-state index in [0.717, 1.165) is 29.3 Å². The van der Waals surface area contributed by atoms with Crippen LogP contribution >= 0.6 is 0 Å². The van der Waals surface area contributed by atoms with E-state index in [1.54, 1.807) is 0 Å². The van der Waals surface area contributed by atoms with Gasteiger partial charge in [0.1, 0.15) is 5.82 Å². The molecule has 1 heterocycles. The van der Waals surface area contributed by atoms with Crippen LogP contribution in [0.25, 0.3) is 11.0 Å². The van der Waals surface area contributed by atoms with Gasteiger partial charge in [0.05, 0.1) is 17.6 Å². The Labute approximate surface area is 127 Å². The highest BCUT2D eigenvalue weighted by molar-refractivity contribution is 5.74. The van der Waals surface area contributed by atoms with E-state index in [0.29, 0.717) is 11.5 Å². The highest BCUT2D eigenvalue weighted by Gasteiger charge is 2.29. The zero-order valence-corrected chi connectivity index (χ0v) is 13.4. The normalized spacial score (nSPS) is 23.6. The van der Waals surface area contributed by atoms with Gasteiger partial charge in [0.25, 0.3) is 0 Å². The molecule has 1 aliphatic carbocycles. The monoisotopic (exact) mass is 285 g/mol. The van der Waals surface area contributed by atoms with E-state index in [-0.39, 0.29) is 0 Å². The van der Waals surface area contributed by atoms with Gasteiger partial charge in [-0.05, 0) is 49.1 Å². The number of imidazole rings is 1. The molecular formula is C18H27N3. The van der Waals surface area contributed by atoms with Gasteiger partial charge < -0.3 is 10.3 Å². The molecule has 3 nitrogen and oxygen atoms in total. The third-order valence-corrected chi connectivity index (χ3v) is 4.95. The summed E-state index contributed by atoms with van der Waals surface area (Å²) in [5.74, 6) is 1.93. The van der Waals surface area contributed by atoms with Crippen molar-refractivity contribution in [3.8, 4) is 0 Å². The molecule has 3 rings (SSSR count). The van der Waals surface area contributed by atoms with E-state index in [1.165, 1.54) is 25.7 Å². The molecule has 0 amide bonds. The van der Waals surface area contributed by atoms with Crippen molar-refractivity contribution in [1.82, 2.24) is 15.3 Å². The molecule has 114 valence electrons. The van der Waals surface area contributed by atoms with Crippen LogP contribution in [0.2, 0.25) is 0 Å². The molecule has 21 heavy (non-hydrogen) atoms. The second-order valence-corrected chi connectivity index (χ2v) is 7.50. The number of para-hydroxylation sites is 2. The summed E-state index contributed by atoms with van der Waals surface area (Å²) in [4.78, 5) is 8.03. The van der Waals surface area contributed by atoms with Gasteiger partial charge in [-0.25, -0.2) is 4.98 Å². The smallest absolute Gasteiger partial charge is 0.121 e. The van der Waals surface area contributed by atoms with Gasteiger partial charge in [0.15, 0.2) is 0 Å². The Balaban J connectivity index is 1.52. The van der Waals surface area contributed by atoms with Crippen molar-refractivity contribution in [3.63, 3.8) is 0 Å². The topological polar surface area (TPSA) is 40.7 Å². The predicted octanol–water partition coefficient (Wildman–Crippen LogP) is 4.26. The Morgan fingerprint density at radius 3 is 2.52 bits per heavy atom. The molecule has 0 bridgehead atoms. The van der Waals surface area contributed by atoms with Crippen LogP contribution in [0.3, 0.4) is 0 Å². The lowest BCUT2D eigenvalue weighted by Crippen LogP contribution is -2.36. The summed E-state index contributed by atoms with van der Waals surface area (Å²) in [5, 5.41) is 3.68. The largest absolute Gasteiger partial charge is 0.341 e. The first-order valence-electron chi connectivity index (χ1n) is 8.19. The highest BCUT2D eigenvalue weighted by Crippen LogP contribution is 2.37. The minimum absolute atomic E-state index is 0.462. The van der Waals surface area contributed by atoms with Crippen LogP contribution in [0, 0.1) is 11.3 Å². The van der Waals surface area contributed by atoms with Crippen molar-refractivity contribution in [2.75, 3.05) is 0 Å². The van der Waals surface area contributed by atoms with Gasteiger partial charge in [-0.1, -0.05) is 32.9 Å². The fourth-order valence-corrected chi connectivity index (χ4v) is 3.49. The molecule has 0 aliphatic heterocycles. The van der Waals surface area contributed by atoms with Crippen LogP contribution < -0.4 is 5.32 Å². The van der Waals surface area contributed by atoms with Crippen LogP contribution in [-0.4, -0.2) is 16.0 Å². The number of benzene rings is 1. The van der Waals surface area contributed by atoms with Gasteiger partial charge in [-0.15, -0.1) is 0 Å². The van der Waals surface area contributed by atoms with E-state index in [1.807, 2.05) is 12.1 Å². The summed E-state index contributed by atoms with van der Waals surface area (Å²) in [7, 11) is 0. The summed E-state index contributed by atoms with van der Waals surface area (Å²) >= 11 is 0. The van der Waals surface area contributed by atoms with E-state index >= 15 is 0 Å². The molecule has 1 aromatic carbocycles. The van der Waals surface area contributed by atoms with Crippen molar-refractivity contribution in [2.24, 2.45) is 11.3 Å². The summed E-state index contributed by atoms with van der Waals surface area (Å²) in [5.41, 5.74) is 2.65. The fourth-order valence-electron chi connectivity index (χ4n) is 3.49. The van der Waals surface area contributed by atoms with Gasteiger partial charge in [0, 0.05) is 6.04 Å². The van der Waals surface area contributed by atoms with Gasteiger partial charge in [-0.3, -0.25) is 0 Å². The molecule has 1 aromatic heterocycles. The number of fused-ring (bicyclic) bond motifs is 1. The maximum absolute atomic E-state index is 4.63. The van der Waals surface area contributed by atoms with E-state index in [2.05, 4.69) is 48.2 Å². The number of nitrogens with one attached hydrogen (secondary N) is 2. The standard InChI is InChI=1S/C18H27N3/c1-18(2,3)13-8-10-14(11-9-13)19-12-17-20-15-6-4-5-7-16(15)21-17/h4-7,13-14,19H,8-12H2,1-3H3,(H,20,21). The quantitative estimate of drug-likeness (QED) is 0.884. The van der Waals surface area contributed by atoms with Crippen LogP contribution in [-0.2, 0) is 6.54 Å². The first-order valence-corrected chi connectivity index (χ1v) is 8.19. The Morgan fingerprint density at radius 2 is 1.86 bits per heavy atom. The minimum Gasteiger partial charge on any atom is -0.341 e. The zero-order valence-electron chi connectivity index (χ0n) is 13.4. The van der Waals surface area contributed by atoms with Crippen LogP contribution in [0.5, 0.6) is 0 Å². The number of H-pyrrole nitrogens is 1. The number of hydrogen-bond donors (Lipinski definition) is 2. The minimum atomic E-state index is 0.462. The van der Waals surface area contributed by atoms with Crippen LogP contribution in [0.15, 0.2) is 24.3 Å².